The number of hydrogen-bond donors (Lipinski definition) is 2. The molecule has 42 heavy (non-hydrogen) atoms. The minimum absolute atomic E-state index is 0.109. The molecule has 1 aliphatic carbocycles. The highest BCUT2D eigenvalue weighted by molar-refractivity contribution is 6.13. The molecule has 2 heterocycles. The van der Waals surface area contributed by atoms with Crippen LogP contribution in [0, 0.1) is 11.3 Å². The van der Waals surface area contributed by atoms with E-state index in [1.54, 1.807) is 18.2 Å². The van der Waals surface area contributed by atoms with Crippen LogP contribution in [0.2, 0.25) is 0 Å². The number of imidazole rings is 1. The van der Waals surface area contributed by atoms with Gasteiger partial charge >= 0.3 is 12.0 Å². The molecule has 0 atom stereocenters. The van der Waals surface area contributed by atoms with E-state index >= 15 is 0 Å². The average molecular weight is 573 g/mol. The van der Waals surface area contributed by atoms with Gasteiger partial charge in [0.1, 0.15) is 13.1 Å². The highest BCUT2D eigenvalue weighted by atomic mass is 16.4. The lowest BCUT2D eigenvalue weighted by molar-refractivity contribution is -0.137. The number of anilines is 2. The predicted molar refractivity (Wildman–Crippen MR) is 159 cm³/mol. The van der Waals surface area contributed by atoms with Crippen LogP contribution in [0.3, 0.4) is 0 Å². The fourth-order valence-electron chi connectivity index (χ4n) is 5.45. The van der Waals surface area contributed by atoms with E-state index in [-0.39, 0.29) is 31.3 Å². The molecule has 0 bridgehead atoms. The van der Waals surface area contributed by atoms with Crippen LogP contribution >= 0.6 is 0 Å². The SMILES string of the molecule is CC(C)(C)C(=O)CN1C(=O)N(CC(=O)Nc2ccc3ncn(CC(=O)O)c3c2)N=C(C2CCCCC2)c2ccccc21. The molecular formula is C31H36N6O5. The van der Waals surface area contributed by atoms with Crippen molar-refractivity contribution in [2.75, 3.05) is 23.3 Å². The van der Waals surface area contributed by atoms with Gasteiger partial charge in [-0.3, -0.25) is 19.3 Å². The number of carboxylic acid groups (broad SMARTS) is 1. The second-order valence-electron chi connectivity index (χ2n) is 12.0. The average Bonchev–Trinajstić information content (AvgIpc) is 3.29. The van der Waals surface area contributed by atoms with E-state index in [4.69, 9.17) is 5.10 Å². The van der Waals surface area contributed by atoms with Crippen molar-refractivity contribution in [3.63, 3.8) is 0 Å². The van der Waals surface area contributed by atoms with Crippen LogP contribution in [0.1, 0.15) is 58.4 Å². The number of Topliss-reactive ketones (excluding diaryl/α,β-unsaturated/α-hetero) is 1. The quantitative estimate of drug-likeness (QED) is 0.394. The number of urea groups is 1. The highest BCUT2D eigenvalue weighted by Gasteiger charge is 2.36. The molecule has 3 amide bonds. The summed E-state index contributed by atoms with van der Waals surface area (Å²) in [6.07, 6.45) is 6.59. The lowest BCUT2D eigenvalue weighted by Crippen LogP contribution is -2.47. The second-order valence-corrected chi connectivity index (χ2v) is 12.0. The number of fused-ring (bicyclic) bond motifs is 2. The number of carbonyl (C=O) groups excluding carboxylic acids is 3. The predicted octanol–water partition coefficient (Wildman–Crippen LogP) is 4.90. The summed E-state index contributed by atoms with van der Waals surface area (Å²) in [5.41, 5.74) is 3.10. The Morgan fingerprint density at radius 2 is 1.74 bits per heavy atom. The van der Waals surface area contributed by atoms with Crippen LogP contribution in [-0.2, 0) is 20.9 Å². The number of rotatable bonds is 8. The van der Waals surface area contributed by atoms with Crippen molar-refractivity contribution >= 4 is 51.8 Å². The minimum Gasteiger partial charge on any atom is -0.480 e. The van der Waals surface area contributed by atoms with Gasteiger partial charge in [0, 0.05) is 22.6 Å². The first kappa shape index (κ1) is 29.0. The van der Waals surface area contributed by atoms with E-state index in [9.17, 15) is 24.3 Å². The van der Waals surface area contributed by atoms with Crippen molar-refractivity contribution < 1.29 is 24.3 Å². The number of nitrogens with zero attached hydrogens (tertiary/aromatic N) is 5. The fourth-order valence-corrected chi connectivity index (χ4v) is 5.45. The molecule has 1 fully saturated rings. The molecule has 3 aromatic rings. The lowest BCUT2D eigenvalue weighted by atomic mass is 9.83. The number of hydrazone groups is 1. The molecule has 11 heteroatoms. The molecule has 2 aromatic carbocycles. The topological polar surface area (TPSA) is 137 Å². The molecular weight excluding hydrogens is 536 g/mol. The molecule has 11 nitrogen and oxygen atoms in total. The number of carboxylic acids is 1. The van der Waals surface area contributed by atoms with E-state index in [0.717, 1.165) is 43.4 Å². The Balaban J connectivity index is 1.46. The first-order valence-electron chi connectivity index (χ1n) is 14.3. The Hall–Kier alpha value is -4.54. The summed E-state index contributed by atoms with van der Waals surface area (Å²) in [7, 11) is 0. The summed E-state index contributed by atoms with van der Waals surface area (Å²) in [5.74, 6) is -1.46. The van der Waals surface area contributed by atoms with Crippen molar-refractivity contribution in [3.8, 4) is 0 Å². The smallest absolute Gasteiger partial charge is 0.345 e. The van der Waals surface area contributed by atoms with Crippen LogP contribution in [0.5, 0.6) is 0 Å². The van der Waals surface area contributed by atoms with Crippen molar-refractivity contribution in [2.45, 2.75) is 59.4 Å². The van der Waals surface area contributed by atoms with Gasteiger partial charge in [-0.05, 0) is 37.1 Å². The van der Waals surface area contributed by atoms with E-state index < -0.39 is 23.3 Å². The van der Waals surface area contributed by atoms with Gasteiger partial charge in [-0.1, -0.05) is 58.2 Å². The second kappa shape index (κ2) is 11.8. The third-order valence-electron chi connectivity index (χ3n) is 7.78. The number of hydrogen-bond acceptors (Lipinski definition) is 6. The molecule has 1 aromatic heterocycles. The van der Waals surface area contributed by atoms with Crippen molar-refractivity contribution in [3.05, 3.63) is 54.4 Å². The van der Waals surface area contributed by atoms with Gasteiger partial charge < -0.3 is 15.0 Å². The lowest BCUT2D eigenvalue weighted by Gasteiger charge is -2.28. The van der Waals surface area contributed by atoms with Crippen LogP contribution < -0.4 is 10.2 Å². The van der Waals surface area contributed by atoms with Gasteiger partial charge in [-0.2, -0.15) is 5.10 Å². The maximum Gasteiger partial charge on any atom is 0.345 e. The number of amides is 3. The molecule has 0 spiro atoms. The summed E-state index contributed by atoms with van der Waals surface area (Å²) in [6, 6.07) is 12.0. The normalized spacial score (nSPS) is 16.2. The minimum atomic E-state index is -1.01. The maximum atomic E-state index is 14.0. The monoisotopic (exact) mass is 572 g/mol. The van der Waals surface area contributed by atoms with Gasteiger partial charge in [0.25, 0.3) is 0 Å². The summed E-state index contributed by atoms with van der Waals surface area (Å²) in [4.78, 5) is 57.4. The molecule has 5 rings (SSSR count). The number of para-hydroxylation sites is 1. The van der Waals surface area contributed by atoms with Gasteiger partial charge in [0.2, 0.25) is 5.91 Å². The van der Waals surface area contributed by atoms with Gasteiger partial charge in [-0.15, -0.1) is 0 Å². The van der Waals surface area contributed by atoms with Crippen molar-refractivity contribution in [1.82, 2.24) is 14.6 Å². The number of aromatic nitrogens is 2. The standard InChI is InChI=1S/C31H36N6O5/c1-31(2,3)26(38)16-36-24-12-8-7-11-22(24)29(20-9-5-4-6-10-20)34-37(30(36)42)17-27(39)33-21-13-14-23-25(15-21)35(19-32-23)18-28(40)41/h7-8,11-15,19-20H,4-6,9-10,16-18H2,1-3H3,(H,33,39)(H,40,41). The Bertz CT molecular complexity index is 1560. The summed E-state index contributed by atoms with van der Waals surface area (Å²) >= 11 is 0. The molecule has 220 valence electrons. The zero-order chi connectivity index (χ0) is 30.0. The molecule has 2 aliphatic rings. The Labute approximate surface area is 244 Å². The third kappa shape index (κ3) is 6.19. The molecule has 1 aliphatic heterocycles. The summed E-state index contributed by atoms with van der Waals surface area (Å²) < 4.78 is 1.48. The third-order valence-corrected chi connectivity index (χ3v) is 7.78. The first-order chi connectivity index (χ1) is 20.0. The van der Waals surface area contributed by atoms with Gasteiger partial charge in [0.15, 0.2) is 5.78 Å². The maximum absolute atomic E-state index is 14.0. The van der Waals surface area contributed by atoms with E-state index in [2.05, 4.69) is 10.3 Å². The molecule has 2 N–H and O–H groups in total. The Morgan fingerprint density at radius 1 is 1.00 bits per heavy atom. The van der Waals surface area contributed by atoms with Crippen LogP contribution in [0.4, 0.5) is 16.2 Å². The number of nitrogens with one attached hydrogen (secondary N) is 1. The highest BCUT2D eigenvalue weighted by Crippen LogP contribution is 2.34. The Kier molecular flexibility index (Phi) is 8.11. The molecule has 0 saturated heterocycles. The number of aliphatic carboxylic acids is 1. The van der Waals surface area contributed by atoms with Crippen molar-refractivity contribution in [2.24, 2.45) is 16.4 Å². The largest absolute Gasteiger partial charge is 0.480 e. The van der Waals surface area contributed by atoms with E-state index in [1.165, 1.54) is 20.8 Å². The van der Waals surface area contributed by atoms with Crippen molar-refractivity contribution in [1.29, 1.82) is 0 Å². The molecule has 0 radical (unpaired) electrons. The number of ketones is 1. The van der Waals surface area contributed by atoms with Crippen LogP contribution in [-0.4, -0.2) is 62.2 Å². The zero-order valence-corrected chi connectivity index (χ0v) is 24.2. The fraction of sp³-hybridized carbons (Fsp3) is 0.419. The zero-order valence-electron chi connectivity index (χ0n) is 24.2. The summed E-state index contributed by atoms with van der Waals surface area (Å²) in [6.45, 7) is 4.68. The summed E-state index contributed by atoms with van der Waals surface area (Å²) in [5, 5.41) is 18.0. The number of benzene rings is 2. The van der Waals surface area contributed by atoms with Crippen LogP contribution in [0.25, 0.3) is 11.0 Å². The van der Waals surface area contributed by atoms with Crippen LogP contribution in [0.15, 0.2) is 53.9 Å². The number of carbonyl (C=O) groups is 4. The Morgan fingerprint density at radius 3 is 2.45 bits per heavy atom. The molecule has 0 unspecified atom stereocenters. The van der Waals surface area contributed by atoms with Gasteiger partial charge in [0.05, 0.1) is 35.3 Å². The first-order valence-corrected chi connectivity index (χ1v) is 14.3. The van der Waals surface area contributed by atoms with E-state index in [1.807, 2.05) is 45.0 Å². The van der Waals surface area contributed by atoms with E-state index in [0.29, 0.717) is 22.4 Å². The molecule has 1 saturated carbocycles. The van der Waals surface area contributed by atoms with Gasteiger partial charge in [-0.25, -0.2) is 14.8 Å².